The van der Waals surface area contributed by atoms with Gasteiger partial charge in [0.05, 0.1) is 6.61 Å². The number of carbonyl (C=O) groups is 1. The van der Waals surface area contributed by atoms with Crippen molar-refractivity contribution in [1.82, 2.24) is 9.97 Å². The number of hydrogen-bond donors (Lipinski definition) is 2. The Morgan fingerprint density at radius 3 is 3.19 bits per heavy atom. The van der Waals surface area contributed by atoms with Crippen molar-refractivity contribution in [3.05, 3.63) is 22.5 Å². The van der Waals surface area contributed by atoms with E-state index in [0.717, 1.165) is 6.20 Å². The van der Waals surface area contributed by atoms with Gasteiger partial charge in [-0.1, -0.05) is 18.7 Å². The fraction of sp³-hybridized carbons (Fsp3) is 0.583. The van der Waals surface area contributed by atoms with Gasteiger partial charge in [-0.15, -0.1) is 0 Å². The lowest BCUT2D eigenvalue weighted by molar-refractivity contribution is -0.147. The first-order valence-corrected chi connectivity index (χ1v) is 7.50. The second kappa shape index (κ2) is 6.90. The van der Waals surface area contributed by atoms with Gasteiger partial charge in [0, 0.05) is 18.4 Å². The molecule has 116 valence electrons. The van der Waals surface area contributed by atoms with Gasteiger partial charge in [0.15, 0.2) is 11.6 Å². The van der Waals surface area contributed by atoms with Gasteiger partial charge in [-0.2, -0.15) is 4.98 Å². The van der Waals surface area contributed by atoms with Gasteiger partial charge in [-0.05, 0) is 6.42 Å². The quantitative estimate of drug-likeness (QED) is 0.758. The molecule has 21 heavy (non-hydrogen) atoms. The molecule has 2 heterocycles. The number of aromatic nitrogens is 2. The summed E-state index contributed by atoms with van der Waals surface area (Å²) in [6, 6.07) is 0. The number of aromatic amines is 1. The third kappa shape index (κ3) is 4.18. The van der Waals surface area contributed by atoms with Gasteiger partial charge in [-0.3, -0.25) is 4.79 Å². The molecule has 1 aromatic rings. The van der Waals surface area contributed by atoms with E-state index < -0.39 is 16.6 Å². The van der Waals surface area contributed by atoms with Crippen LogP contribution < -0.4 is 11.0 Å². The molecular formula is C12H16FN3O4S. The highest BCUT2D eigenvalue weighted by atomic mass is 32.2. The number of nitrogens with zero attached hydrogens (tertiary/aromatic N) is 1. The van der Waals surface area contributed by atoms with Crippen molar-refractivity contribution in [1.29, 1.82) is 0 Å². The van der Waals surface area contributed by atoms with Crippen LogP contribution >= 0.6 is 11.8 Å². The first-order valence-electron chi connectivity index (χ1n) is 6.51. The van der Waals surface area contributed by atoms with Gasteiger partial charge in [-0.25, -0.2) is 9.18 Å². The normalized spacial score (nSPS) is 21.2. The van der Waals surface area contributed by atoms with Crippen LogP contribution in [0.3, 0.4) is 0 Å². The first kappa shape index (κ1) is 15.8. The maximum absolute atomic E-state index is 13.6. The van der Waals surface area contributed by atoms with E-state index in [1.165, 1.54) is 11.8 Å². The molecule has 0 radical (unpaired) electrons. The summed E-state index contributed by atoms with van der Waals surface area (Å²) in [5.74, 6) is -0.651. The molecule has 2 N–H and O–H groups in total. The van der Waals surface area contributed by atoms with Gasteiger partial charge >= 0.3 is 11.7 Å². The van der Waals surface area contributed by atoms with Crippen molar-refractivity contribution in [3.8, 4) is 0 Å². The number of thioether (sulfide) groups is 1. The highest BCUT2D eigenvalue weighted by molar-refractivity contribution is 8.00. The maximum atomic E-state index is 13.6. The zero-order valence-corrected chi connectivity index (χ0v) is 12.3. The molecule has 0 aliphatic carbocycles. The minimum atomic E-state index is -1.12. The van der Waals surface area contributed by atoms with E-state index in [2.05, 4.69) is 15.3 Å². The molecule has 1 fully saturated rings. The molecule has 1 aromatic heterocycles. The van der Waals surface area contributed by atoms with Crippen LogP contribution in [0.15, 0.2) is 11.0 Å². The van der Waals surface area contributed by atoms with Crippen LogP contribution in [0.5, 0.6) is 0 Å². The molecule has 0 amide bonds. The number of ether oxygens (including phenoxy) is 2. The molecule has 0 bridgehead atoms. The highest BCUT2D eigenvalue weighted by Crippen LogP contribution is 2.34. The van der Waals surface area contributed by atoms with Crippen LogP contribution in [0.25, 0.3) is 0 Å². The Balaban J connectivity index is 2.09. The third-order valence-electron chi connectivity index (χ3n) is 2.70. The summed E-state index contributed by atoms with van der Waals surface area (Å²) in [6.07, 6.45) is 1.89. The lowest BCUT2D eigenvalue weighted by atomic mass is 10.3. The number of hydrogen-bond acceptors (Lipinski definition) is 7. The number of carbonyl (C=O) groups excluding carboxylic acids is 1. The lowest BCUT2D eigenvalue weighted by Gasteiger charge is -2.28. The molecular weight excluding hydrogens is 301 g/mol. The summed E-state index contributed by atoms with van der Waals surface area (Å²) in [5, 5.41) is 1.60. The van der Waals surface area contributed by atoms with Crippen LogP contribution in [0.4, 0.5) is 10.2 Å². The smallest absolute Gasteiger partial charge is 0.347 e. The van der Waals surface area contributed by atoms with Crippen LogP contribution in [0.2, 0.25) is 0 Å². The number of halogens is 1. The van der Waals surface area contributed by atoms with Crippen molar-refractivity contribution < 1.29 is 18.7 Å². The zero-order valence-electron chi connectivity index (χ0n) is 11.5. The zero-order chi connectivity index (χ0) is 15.3. The van der Waals surface area contributed by atoms with Crippen molar-refractivity contribution in [2.75, 3.05) is 24.3 Å². The van der Waals surface area contributed by atoms with Crippen LogP contribution in [0.1, 0.15) is 19.8 Å². The van der Waals surface area contributed by atoms with E-state index >= 15 is 0 Å². The average molecular weight is 317 g/mol. The van der Waals surface area contributed by atoms with E-state index in [1.807, 2.05) is 6.92 Å². The number of rotatable bonds is 6. The molecule has 1 atom stereocenters. The Bertz CT molecular complexity index is 560. The van der Waals surface area contributed by atoms with Crippen molar-refractivity contribution >= 4 is 23.5 Å². The minimum Gasteiger partial charge on any atom is -0.460 e. The summed E-state index contributed by atoms with van der Waals surface area (Å²) < 4.78 is 24.3. The molecule has 2 rings (SSSR count). The molecule has 1 unspecified atom stereocenters. The molecule has 1 saturated heterocycles. The predicted molar refractivity (Wildman–Crippen MR) is 75.4 cm³/mol. The summed E-state index contributed by atoms with van der Waals surface area (Å²) in [5.41, 5.74) is -0.681. The molecule has 9 heteroatoms. The van der Waals surface area contributed by atoms with Crippen molar-refractivity contribution in [3.63, 3.8) is 0 Å². The summed E-state index contributed by atoms with van der Waals surface area (Å²) in [4.78, 5) is 28.3. The molecule has 0 spiro atoms. The first-order chi connectivity index (χ1) is 10.0. The third-order valence-corrected chi connectivity index (χ3v) is 3.88. The van der Waals surface area contributed by atoms with E-state index in [9.17, 15) is 14.0 Å². The van der Waals surface area contributed by atoms with Gasteiger partial charge < -0.3 is 19.8 Å². The van der Waals surface area contributed by atoms with Crippen molar-refractivity contribution in [2.45, 2.75) is 24.8 Å². The number of anilines is 1. The SMILES string of the molecule is CCCC(=O)OCC1(Nc2nc(=O)[nH]cc2F)OCCS1. The van der Waals surface area contributed by atoms with Crippen LogP contribution in [-0.4, -0.2) is 40.0 Å². The van der Waals surface area contributed by atoms with E-state index in [4.69, 9.17) is 9.47 Å². The molecule has 1 aliphatic heterocycles. The van der Waals surface area contributed by atoms with Crippen LogP contribution in [-0.2, 0) is 14.3 Å². The van der Waals surface area contributed by atoms with E-state index in [-0.39, 0.29) is 18.4 Å². The number of nitrogens with one attached hydrogen (secondary N) is 2. The molecule has 0 saturated carbocycles. The molecule has 7 nitrogen and oxygen atoms in total. The fourth-order valence-electron chi connectivity index (χ4n) is 1.75. The standard InChI is InChI=1S/C12H16FN3O4S/c1-2-3-9(17)19-7-12(20-4-5-21-12)16-10-8(13)6-14-11(18)15-10/h6H,2-5,7H2,1H3,(H2,14,15,16,18). The number of H-pyrrole nitrogens is 1. The second-order valence-corrected chi connectivity index (χ2v) is 5.74. The average Bonchev–Trinajstić information content (AvgIpc) is 2.90. The van der Waals surface area contributed by atoms with E-state index in [0.29, 0.717) is 25.2 Å². The van der Waals surface area contributed by atoms with Crippen LogP contribution in [0, 0.1) is 5.82 Å². The molecule has 0 aromatic carbocycles. The Labute approximate surface area is 124 Å². The highest BCUT2D eigenvalue weighted by Gasteiger charge is 2.39. The van der Waals surface area contributed by atoms with Gasteiger partial charge in [0.25, 0.3) is 0 Å². The largest absolute Gasteiger partial charge is 0.460 e. The Hall–Kier alpha value is -1.61. The Kier molecular flexibility index (Phi) is 5.18. The van der Waals surface area contributed by atoms with Gasteiger partial charge in [0.2, 0.25) is 5.06 Å². The predicted octanol–water partition coefficient (Wildman–Crippen LogP) is 1.08. The summed E-state index contributed by atoms with van der Waals surface area (Å²) in [7, 11) is 0. The van der Waals surface area contributed by atoms with Crippen molar-refractivity contribution in [2.24, 2.45) is 0 Å². The Morgan fingerprint density at radius 1 is 1.71 bits per heavy atom. The summed E-state index contributed by atoms with van der Waals surface area (Å²) in [6.45, 7) is 2.20. The number of esters is 1. The monoisotopic (exact) mass is 317 g/mol. The topological polar surface area (TPSA) is 93.3 Å². The second-order valence-electron chi connectivity index (χ2n) is 4.39. The van der Waals surface area contributed by atoms with Gasteiger partial charge in [0.1, 0.15) is 6.61 Å². The molecule has 1 aliphatic rings. The lowest BCUT2D eigenvalue weighted by Crippen LogP contribution is -2.41. The summed E-state index contributed by atoms with van der Waals surface area (Å²) >= 11 is 1.33. The maximum Gasteiger partial charge on any atom is 0.347 e. The van der Waals surface area contributed by atoms with E-state index in [1.54, 1.807) is 0 Å². The minimum absolute atomic E-state index is 0.0928. The fourth-order valence-corrected chi connectivity index (χ4v) is 2.72. The Morgan fingerprint density at radius 2 is 2.52 bits per heavy atom.